The second-order valence-electron chi connectivity index (χ2n) is 8.38. The number of aliphatic hydroxyl groups is 1. The maximum Gasteiger partial charge on any atom is 0.258 e. The maximum absolute atomic E-state index is 13.0. The number of pyridine rings is 1. The summed E-state index contributed by atoms with van der Waals surface area (Å²) in [7, 11) is 0. The highest BCUT2D eigenvalue weighted by atomic mass is 32.2. The van der Waals surface area contributed by atoms with Crippen LogP contribution in [0.15, 0.2) is 53.8 Å². The predicted octanol–water partition coefficient (Wildman–Crippen LogP) is 3.15. The second kappa shape index (κ2) is 11.4. The highest BCUT2D eigenvalue weighted by Crippen LogP contribution is 2.25. The Kier molecular flexibility index (Phi) is 8.10. The molecule has 0 saturated carbocycles. The second-order valence-corrected chi connectivity index (χ2v) is 9.34. The van der Waals surface area contributed by atoms with Crippen LogP contribution in [0.2, 0.25) is 0 Å². The number of thioether (sulfide) groups is 1. The minimum atomic E-state index is -0.176. The van der Waals surface area contributed by atoms with Crippen LogP contribution in [0.5, 0.6) is 0 Å². The molecule has 4 rings (SSSR count). The molecule has 1 saturated heterocycles. The van der Waals surface area contributed by atoms with Gasteiger partial charge in [0.15, 0.2) is 0 Å². The van der Waals surface area contributed by atoms with Crippen molar-refractivity contribution in [3.05, 3.63) is 71.2 Å². The van der Waals surface area contributed by atoms with Crippen LogP contribution in [0.3, 0.4) is 0 Å². The first-order chi connectivity index (χ1) is 16.5. The van der Waals surface area contributed by atoms with Gasteiger partial charge in [0.25, 0.3) is 5.91 Å². The van der Waals surface area contributed by atoms with Gasteiger partial charge in [0.05, 0.1) is 17.9 Å². The summed E-state index contributed by atoms with van der Waals surface area (Å²) in [6, 6.07) is 11.5. The number of aliphatic hydroxyl groups excluding tert-OH is 1. The lowest BCUT2D eigenvalue weighted by molar-refractivity contribution is 0.102. The molecule has 0 atom stereocenters. The number of rotatable bonds is 8. The van der Waals surface area contributed by atoms with E-state index in [1.54, 1.807) is 24.5 Å². The zero-order chi connectivity index (χ0) is 23.9. The van der Waals surface area contributed by atoms with Gasteiger partial charge in [0, 0.05) is 56.6 Å². The molecule has 3 aromatic rings. The molecule has 0 aliphatic carbocycles. The number of hydrogen-bond acceptors (Lipinski definition) is 8. The number of amides is 1. The number of aromatic nitrogens is 3. The lowest BCUT2D eigenvalue weighted by atomic mass is 10.1. The maximum atomic E-state index is 13.0. The van der Waals surface area contributed by atoms with Gasteiger partial charge in [0.1, 0.15) is 5.03 Å². The van der Waals surface area contributed by atoms with Crippen molar-refractivity contribution in [2.45, 2.75) is 24.6 Å². The third-order valence-electron chi connectivity index (χ3n) is 5.62. The Morgan fingerprint density at radius 2 is 1.82 bits per heavy atom. The van der Waals surface area contributed by atoms with E-state index in [9.17, 15) is 4.79 Å². The zero-order valence-corrected chi connectivity index (χ0v) is 20.4. The van der Waals surface area contributed by atoms with E-state index in [-0.39, 0.29) is 12.5 Å². The molecule has 1 aliphatic rings. The van der Waals surface area contributed by atoms with E-state index in [2.05, 4.69) is 31.2 Å². The number of anilines is 2. The number of hydrogen-bond donors (Lipinski definition) is 2. The molecular formula is C25H30N6O2S. The summed E-state index contributed by atoms with van der Waals surface area (Å²) in [4.78, 5) is 31.0. The molecule has 0 unspecified atom stereocenters. The first kappa shape index (κ1) is 24.1. The van der Waals surface area contributed by atoms with E-state index in [4.69, 9.17) is 10.1 Å². The van der Waals surface area contributed by atoms with Crippen LogP contribution in [0.1, 0.15) is 27.2 Å². The fraction of sp³-hybridized carbons (Fsp3) is 0.360. The van der Waals surface area contributed by atoms with Gasteiger partial charge in [0.2, 0.25) is 5.95 Å². The monoisotopic (exact) mass is 478 g/mol. The minimum Gasteiger partial charge on any atom is -0.395 e. The van der Waals surface area contributed by atoms with E-state index in [1.807, 2.05) is 32.0 Å². The molecule has 0 radical (unpaired) electrons. The Hall–Kier alpha value is -3.01. The number of carbonyl (C=O) groups excluding carboxylic acids is 1. The van der Waals surface area contributed by atoms with Gasteiger partial charge in [-0.1, -0.05) is 17.8 Å². The highest BCUT2D eigenvalue weighted by Gasteiger charge is 2.19. The van der Waals surface area contributed by atoms with E-state index in [1.165, 1.54) is 11.8 Å². The number of aryl methyl sites for hydroxylation is 2. The third-order valence-corrected chi connectivity index (χ3v) is 6.66. The lowest BCUT2D eigenvalue weighted by Crippen LogP contribution is -2.47. The number of benzene rings is 1. The van der Waals surface area contributed by atoms with E-state index in [0.717, 1.165) is 54.6 Å². The number of carbonyl (C=O) groups is 1. The van der Waals surface area contributed by atoms with Crippen molar-refractivity contribution in [3.8, 4) is 0 Å². The molecule has 8 nitrogen and oxygen atoms in total. The molecule has 9 heteroatoms. The molecular weight excluding hydrogens is 448 g/mol. The number of nitrogens with zero attached hydrogens (tertiary/aromatic N) is 5. The quantitative estimate of drug-likeness (QED) is 0.477. The molecule has 0 bridgehead atoms. The third kappa shape index (κ3) is 6.31. The van der Waals surface area contributed by atoms with Crippen LogP contribution in [0.25, 0.3) is 0 Å². The molecule has 34 heavy (non-hydrogen) atoms. The van der Waals surface area contributed by atoms with Crippen molar-refractivity contribution in [2.24, 2.45) is 0 Å². The standard InChI is InChI=1S/C25H30N6O2S/c1-18-14-19(2)16-21(15-18)28-23(33)22-4-3-6-26-24(22)34-17-20-5-7-27-25(29-20)31-10-8-30(9-11-31)12-13-32/h3-7,14-16,32H,8-13,17H2,1-2H3,(H,28,33). The molecule has 1 fully saturated rings. The van der Waals surface area contributed by atoms with Crippen LogP contribution in [0.4, 0.5) is 11.6 Å². The summed E-state index contributed by atoms with van der Waals surface area (Å²) >= 11 is 1.49. The fourth-order valence-corrected chi connectivity index (χ4v) is 4.89. The molecule has 2 N–H and O–H groups in total. The molecule has 3 heterocycles. The molecule has 0 spiro atoms. The van der Waals surface area contributed by atoms with Gasteiger partial charge < -0.3 is 15.3 Å². The van der Waals surface area contributed by atoms with Crippen LogP contribution in [-0.2, 0) is 5.75 Å². The average Bonchev–Trinajstić information content (AvgIpc) is 2.83. The Bertz CT molecular complexity index is 1110. The van der Waals surface area contributed by atoms with Gasteiger partial charge in [-0.3, -0.25) is 9.69 Å². The van der Waals surface area contributed by atoms with Crippen LogP contribution >= 0.6 is 11.8 Å². The minimum absolute atomic E-state index is 0.176. The largest absolute Gasteiger partial charge is 0.395 e. The normalized spacial score (nSPS) is 14.3. The lowest BCUT2D eigenvalue weighted by Gasteiger charge is -2.34. The van der Waals surface area contributed by atoms with Crippen LogP contribution in [-0.4, -0.2) is 70.2 Å². The molecule has 2 aromatic heterocycles. The summed E-state index contributed by atoms with van der Waals surface area (Å²) in [6.07, 6.45) is 3.48. The topological polar surface area (TPSA) is 94.5 Å². The van der Waals surface area contributed by atoms with Crippen molar-refractivity contribution in [1.29, 1.82) is 0 Å². The highest BCUT2D eigenvalue weighted by molar-refractivity contribution is 7.98. The van der Waals surface area contributed by atoms with Crippen molar-refractivity contribution in [1.82, 2.24) is 19.9 Å². The van der Waals surface area contributed by atoms with Crippen LogP contribution in [0, 0.1) is 13.8 Å². The van der Waals surface area contributed by atoms with Gasteiger partial charge in [-0.05, 0) is 55.3 Å². The fourth-order valence-electron chi connectivity index (χ4n) is 4.00. The Morgan fingerprint density at radius 1 is 1.06 bits per heavy atom. The summed E-state index contributed by atoms with van der Waals surface area (Å²) in [5.74, 6) is 1.13. The van der Waals surface area contributed by atoms with Crippen molar-refractivity contribution < 1.29 is 9.90 Å². The van der Waals surface area contributed by atoms with Crippen molar-refractivity contribution >= 4 is 29.3 Å². The molecule has 1 aliphatic heterocycles. The first-order valence-corrected chi connectivity index (χ1v) is 12.4. The van der Waals surface area contributed by atoms with Gasteiger partial charge in [-0.15, -0.1) is 0 Å². The summed E-state index contributed by atoms with van der Waals surface area (Å²) < 4.78 is 0. The zero-order valence-electron chi connectivity index (χ0n) is 19.6. The molecule has 1 aromatic carbocycles. The number of nitrogens with one attached hydrogen (secondary N) is 1. The van der Waals surface area contributed by atoms with Crippen LogP contribution < -0.4 is 10.2 Å². The van der Waals surface area contributed by atoms with Gasteiger partial charge in [-0.2, -0.15) is 0 Å². The molecule has 178 valence electrons. The number of β-amino-alcohol motifs (C(OH)–C–C–N with tert-alkyl or cyclic N) is 1. The first-order valence-electron chi connectivity index (χ1n) is 11.4. The van der Waals surface area contributed by atoms with E-state index >= 15 is 0 Å². The predicted molar refractivity (Wildman–Crippen MR) is 135 cm³/mol. The smallest absolute Gasteiger partial charge is 0.258 e. The Balaban J connectivity index is 1.41. The summed E-state index contributed by atoms with van der Waals surface area (Å²) in [6.45, 7) is 8.35. The van der Waals surface area contributed by atoms with Gasteiger partial charge in [-0.25, -0.2) is 15.0 Å². The Morgan fingerprint density at radius 3 is 2.56 bits per heavy atom. The van der Waals surface area contributed by atoms with Crippen molar-refractivity contribution in [3.63, 3.8) is 0 Å². The van der Waals surface area contributed by atoms with Crippen molar-refractivity contribution in [2.75, 3.05) is 49.5 Å². The van der Waals surface area contributed by atoms with E-state index in [0.29, 0.717) is 22.9 Å². The Labute approximate surface area is 204 Å². The number of piperazine rings is 1. The SMILES string of the molecule is Cc1cc(C)cc(NC(=O)c2cccnc2SCc2ccnc(N3CCN(CCO)CC3)n2)c1. The average molecular weight is 479 g/mol. The summed E-state index contributed by atoms with van der Waals surface area (Å²) in [5, 5.41) is 12.8. The molecule has 1 amide bonds. The summed E-state index contributed by atoms with van der Waals surface area (Å²) in [5.41, 5.74) is 4.41. The van der Waals surface area contributed by atoms with Gasteiger partial charge >= 0.3 is 0 Å². The van der Waals surface area contributed by atoms with E-state index < -0.39 is 0 Å².